The van der Waals surface area contributed by atoms with Gasteiger partial charge in [0, 0.05) is 15.7 Å². The Morgan fingerprint density at radius 2 is 2.10 bits per heavy atom. The Morgan fingerprint density at radius 1 is 1.30 bits per heavy atom. The summed E-state index contributed by atoms with van der Waals surface area (Å²) in [6, 6.07) is 14.2. The van der Waals surface area contributed by atoms with Gasteiger partial charge in [0.1, 0.15) is 0 Å². The zero-order chi connectivity index (χ0) is 13.9. The van der Waals surface area contributed by atoms with E-state index in [1.54, 1.807) is 17.6 Å². The van der Waals surface area contributed by atoms with Gasteiger partial charge >= 0.3 is 0 Å². The molecule has 0 aliphatic heterocycles. The van der Waals surface area contributed by atoms with Gasteiger partial charge in [-0.2, -0.15) is 5.10 Å². The van der Waals surface area contributed by atoms with E-state index in [0.29, 0.717) is 5.92 Å². The molecular weight excluding hydrogens is 268 g/mol. The summed E-state index contributed by atoms with van der Waals surface area (Å²) in [4.78, 5) is 14.3. The summed E-state index contributed by atoms with van der Waals surface area (Å²) in [5.41, 5.74) is 3.88. The van der Waals surface area contributed by atoms with Crippen LogP contribution in [0.3, 0.4) is 0 Å². The molecule has 4 heteroatoms. The number of hydrogen-bond acceptors (Lipinski definition) is 3. The summed E-state index contributed by atoms with van der Waals surface area (Å²) in [7, 11) is 0. The first-order valence-electron chi connectivity index (χ1n) is 6.68. The third kappa shape index (κ3) is 2.96. The average Bonchev–Trinajstić information content (AvgIpc) is 3.17. The van der Waals surface area contributed by atoms with Gasteiger partial charge in [-0.1, -0.05) is 30.3 Å². The average molecular weight is 284 g/mol. The molecular formula is C16H16N2OS. The van der Waals surface area contributed by atoms with Crippen LogP contribution in [0.2, 0.25) is 0 Å². The SMILES string of the molecule is Cc1ccc(/C=N/NC(=O)C2CC2c2ccccc2)s1. The second kappa shape index (κ2) is 5.59. The predicted molar refractivity (Wildman–Crippen MR) is 82.1 cm³/mol. The van der Waals surface area contributed by atoms with Crippen LogP contribution in [-0.2, 0) is 4.79 Å². The van der Waals surface area contributed by atoms with Crippen LogP contribution in [0.5, 0.6) is 0 Å². The highest BCUT2D eigenvalue weighted by Crippen LogP contribution is 2.47. The minimum Gasteiger partial charge on any atom is -0.273 e. The van der Waals surface area contributed by atoms with Crippen molar-refractivity contribution < 1.29 is 4.79 Å². The van der Waals surface area contributed by atoms with Gasteiger partial charge in [0.15, 0.2) is 0 Å². The van der Waals surface area contributed by atoms with Gasteiger partial charge in [-0.3, -0.25) is 4.79 Å². The van der Waals surface area contributed by atoms with E-state index in [2.05, 4.69) is 29.6 Å². The number of nitrogens with one attached hydrogen (secondary N) is 1. The van der Waals surface area contributed by atoms with E-state index in [1.165, 1.54) is 10.4 Å². The molecule has 0 saturated heterocycles. The lowest BCUT2D eigenvalue weighted by Crippen LogP contribution is -2.19. The number of carbonyl (C=O) groups is 1. The molecule has 1 aromatic heterocycles. The van der Waals surface area contributed by atoms with Crippen molar-refractivity contribution in [2.24, 2.45) is 11.0 Å². The van der Waals surface area contributed by atoms with Gasteiger partial charge in [0.25, 0.3) is 0 Å². The van der Waals surface area contributed by atoms with Crippen LogP contribution in [-0.4, -0.2) is 12.1 Å². The fourth-order valence-corrected chi connectivity index (χ4v) is 3.07. The second-order valence-electron chi connectivity index (χ2n) is 5.04. The molecule has 3 nitrogen and oxygen atoms in total. The zero-order valence-corrected chi connectivity index (χ0v) is 12.1. The molecule has 2 aromatic rings. The first-order chi connectivity index (χ1) is 9.74. The zero-order valence-electron chi connectivity index (χ0n) is 11.2. The molecule has 1 heterocycles. The van der Waals surface area contributed by atoms with Crippen LogP contribution in [0.25, 0.3) is 0 Å². The van der Waals surface area contributed by atoms with Gasteiger partial charge in [-0.15, -0.1) is 11.3 Å². The van der Waals surface area contributed by atoms with E-state index in [9.17, 15) is 4.79 Å². The number of rotatable bonds is 4. The summed E-state index contributed by atoms with van der Waals surface area (Å²) in [5.74, 6) is 0.443. The number of hydrazone groups is 1. The highest BCUT2D eigenvalue weighted by molar-refractivity contribution is 7.13. The molecule has 1 aliphatic carbocycles. The summed E-state index contributed by atoms with van der Waals surface area (Å²) < 4.78 is 0. The predicted octanol–water partition coefficient (Wildman–Crippen LogP) is 3.31. The van der Waals surface area contributed by atoms with Crippen LogP contribution in [0, 0.1) is 12.8 Å². The van der Waals surface area contributed by atoms with Crippen molar-refractivity contribution in [3.05, 3.63) is 57.8 Å². The van der Waals surface area contributed by atoms with Crippen molar-refractivity contribution in [1.29, 1.82) is 0 Å². The number of hydrogen-bond donors (Lipinski definition) is 1. The summed E-state index contributed by atoms with van der Waals surface area (Å²) >= 11 is 1.66. The van der Waals surface area contributed by atoms with E-state index in [4.69, 9.17) is 0 Å². The van der Waals surface area contributed by atoms with Gasteiger partial charge in [0.05, 0.1) is 6.21 Å². The smallest absolute Gasteiger partial charge is 0.243 e. The number of nitrogens with zero attached hydrogens (tertiary/aromatic N) is 1. The Labute approximate surface area is 122 Å². The van der Waals surface area contributed by atoms with E-state index in [0.717, 1.165) is 11.3 Å². The lowest BCUT2D eigenvalue weighted by atomic mass is 10.1. The fourth-order valence-electron chi connectivity index (χ4n) is 2.32. The molecule has 0 radical (unpaired) electrons. The molecule has 1 aromatic carbocycles. The Balaban J connectivity index is 1.53. The summed E-state index contributed by atoms with van der Waals surface area (Å²) in [6.07, 6.45) is 2.62. The number of thiophene rings is 1. The van der Waals surface area contributed by atoms with Gasteiger partial charge < -0.3 is 0 Å². The van der Waals surface area contributed by atoms with Gasteiger partial charge in [0.2, 0.25) is 5.91 Å². The maximum absolute atomic E-state index is 12.0. The van der Waals surface area contributed by atoms with E-state index >= 15 is 0 Å². The molecule has 2 atom stereocenters. The molecule has 3 rings (SSSR count). The number of aryl methyl sites for hydroxylation is 1. The highest BCUT2D eigenvalue weighted by atomic mass is 32.1. The van der Waals surface area contributed by atoms with Crippen molar-refractivity contribution in [3.63, 3.8) is 0 Å². The topological polar surface area (TPSA) is 41.5 Å². The fraction of sp³-hybridized carbons (Fsp3) is 0.250. The van der Waals surface area contributed by atoms with Crippen LogP contribution in [0.1, 0.15) is 27.7 Å². The molecule has 1 N–H and O–H groups in total. The van der Waals surface area contributed by atoms with Crippen molar-refractivity contribution in [1.82, 2.24) is 5.43 Å². The molecule has 0 bridgehead atoms. The van der Waals surface area contributed by atoms with E-state index in [1.807, 2.05) is 30.3 Å². The highest BCUT2D eigenvalue weighted by Gasteiger charge is 2.43. The van der Waals surface area contributed by atoms with Gasteiger partial charge in [-0.05, 0) is 37.0 Å². The standard InChI is InChI=1S/C16H16N2OS/c1-11-7-8-13(20-11)10-17-18-16(19)15-9-14(15)12-5-3-2-4-6-12/h2-8,10,14-15H,9H2,1H3,(H,18,19)/b17-10+. The summed E-state index contributed by atoms with van der Waals surface area (Å²) in [6.45, 7) is 2.05. The Hall–Kier alpha value is -1.94. The Kier molecular flexibility index (Phi) is 3.65. The molecule has 102 valence electrons. The maximum Gasteiger partial charge on any atom is 0.243 e. The third-order valence-electron chi connectivity index (χ3n) is 3.48. The van der Waals surface area contributed by atoms with Gasteiger partial charge in [-0.25, -0.2) is 5.43 Å². The maximum atomic E-state index is 12.0. The molecule has 0 spiro atoms. The first kappa shape index (κ1) is 13.1. The summed E-state index contributed by atoms with van der Waals surface area (Å²) in [5, 5.41) is 4.03. The largest absolute Gasteiger partial charge is 0.273 e. The van der Waals surface area contributed by atoms with Crippen molar-refractivity contribution in [3.8, 4) is 0 Å². The van der Waals surface area contributed by atoms with Crippen LogP contribution in [0.4, 0.5) is 0 Å². The quantitative estimate of drug-likeness (QED) is 0.679. The Morgan fingerprint density at radius 3 is 2.80 bits per heavy atom. The lowest BCUT2D eigenvalue weighted by Gasteiger charge is -1.99. The molecule has 1 fully saturated rings. The molecule has 2 unspecified atom stereocenters. The van der Waals surface area contributed by atoms with Crippen molar-refractivity contribution in [2.75, 3.05) is 0 Å². The van der Waals surface area contributed by atoms with E-state index in [-0.39, 0.29) is 11.8 Å². The van der Waals surface area contributed by atoms with Crippen LogP contribution in [0.15, 0.2) is 47.6 Å². The number of benzene rings is 1. The van der Waals surface area contributed by atoms with Crippen LogP contribution >= 0.6 is 11.3 Å². The number of amides is 1. The Bertz CT molecular complexity index is 633. The van der Waals surface area contributed by atoms with Crippen LogP contribution < -0.4 is 5.43 Å². The minimum absolute atomic E-state index is 0.0170. The van der Waals surface area contributed by atoms with Crippen molar-refractivity contribution >= 4 is 23.5 Å². The normalized spacial score (nSPS) is 21.1. The van der Waals surface area contributed by atoms with Crippen molar-refractivity contribution in [2.45, 2.75) is 19.3 Å². The molecule has 1 aliphatic rings. The first-order valence-corrected chi connectivity index (χ1v) is 7.50. The third-order valence-corrected chi connectivity index (χ3v) is 4.42. The molecule has 20 heavy (non-hydrogen) atoms. The lowest BCUT2D eigenvalue weighted by molar-refractivity contribution is -0.122. The number of carbonyl (C=O) groups excluding carboxylic acids is 1. The van der Waals surface area contributed by atoms with E-state index < -0.39 is 0 Å². The second-order valence-corrected chi connectivity index (χ2v) is 6.36. The monoisotopic (exact) mass is 284 g/mol. The minimum atomic E-state index is 0.0170. The molecule has 1 amide bonds. The molecule has 1 saturated carbocycles.